The van der Waals surface area contributed by atoms with Crippen LogP contribution in [0.25, 0.3) is 6.08 Å². The first-order valence-electron chi connectivity index (χ1n) is 7.83. The molecule has 0 amide bonds. The fraction of sp³-hybridized carbons (Fsp3) is 0.200. The number of rotatable bonds is 7. The molecule has 2 aromatic carbocycles. The second kappa shape index (κ2) is 8.68. The fourth-order valence-electron chi connectivity index (χ4n) is 2.18. The molecule has 0 radical (unpaired) electrons. The first-order valence-corrected chi connectivity index (χ1v) is 7.83. The summed E-state index contributed by atoms with van der Waals surface area (Å²) in [6.07, 6.45) is 3.30. The van der Waals surface area contributed by atoms with Gasteiger partial charge in [-0.25, -0.2) is 0 Å². The van der Waals surface area contributed by atoms with Crippen molar-refractivity contribution in [1.29, 1.82) is 0 Å². The molecule has 0 aliphatic rings. The van der Waals surface area contributed by atoms with Gasteiger partial charge in [0.05, 0.1) is 14.2 Å². The molecule has 0 spiro atoms. The largest absolute Gasteiger partial charge is 0.496 e. The fourth-order valence-corrected chi connectivity index (χ4v) is 2.18. The molecule has 5 heteroatoms. The second-order valence-electron chi connectivity index (χ2n) is 5.14. The Morgan fingerprint density at radius 3 is 2.28 bits per heavy atom. The molecule has 5 nitrogen and oxygen atoms in total. The summed E-state index contributed by atoms with van der Waals surface area (Å²) in [4.78, 5) is 24.4. The van der Waals surface area contributed by atoms with Crippen LogP contribution >= 0.6 is 0 Å². The van der Waals surface area contributed by atoms with E-state index in [1.54, 1.807) is 19.1 Å². The minimum Gasteiger partial charge on any atom is -0.496 e. The van der Waals surface area contributed by atoms with Crippen molar-refractivity contribution in [3.05, 3.63) is 59.7 Å². The van der Waals surface area contributed by atoms with Crippen LogP contribution in [0.2, 0.25) is 0 Å². The number of ketones is 1. The Bertz CT molecular complexity index is 778. The van der Waals surface area contributed by atoms with E-state index in [0.29, 0.717) is 5.75 Å². The molecule has 0 unspecified atom stereocenters. The first-order chi connectivity index (χ1) is 12.1. The Kier molecular flexibility index (Phi) is 6.34. The summed E-state index contributed by atoms with van der Waals surface area (Å²) in [6, 6.07) is 12.5. The van der Waals surface area contributed by atoms with Crippen molar-refractivity contribution in [3.63, 3.8) is 0 Å². The van der Waals surface area contributed by atoms with Crippen molar-refractivity contribution in [2.24, 2.45) is 0 Å². The van der Waals surface area contributed by atoms with E-state index in [-0.39, 0.29) is 29.3 Å². The molecule has 0 saturated heterocycles. The summed E-state index contributed by atoms with van der Waals surface area (Å²) in [5.74, 6) is 0.0460. The molecule has 0 fully saturated rings. The molecule has 0 atom stereocenters. The molecule has 25 heavy (non-hydrogen) atoms. The molecular weight excluding hydrogens is 320 g/mol. The van der Waals surface area contributed by atoms with Crippen LogP contribution in [0, 0.1) is 0 Å². The molecule has 0 saturated carbocycles. The quantitative estimate of drug-likeness (QED) is 0.331. The van der Waals surface area contributed by atoms with Gasteiger partial charge in [-0.05, 0) is 11.6 Å². The van der Waals surface area contributed by atoms with E-state index in [1.807, 2.05) is 30.3 Å². The van der Waals surface area contributed by atoms with Gasteiger partial charge in [-0.15, -0.1) is 0 Å². The Balaban J connectivity index is 2.44. The van der Waals surface area contributed by atoms with Crippen molar-refractivity contribution in [2.75, 3.05) is 14.2 Å². The van der Waals surface area contributed by atoms with Gasteiger partial charge in [0.1, 0.15) is 22.8 Å². The number of carbonyl (C=O) groups excluding carboxylic acids is 2. The molecule has 2 aromatic rings. The molecule has 2 rings (SSSR count). The molecule has 130 valence electrons. The summed E-state index contributed by atoms with van der Waals surface area (Å²) in [5.41, 5.74) is 1.06. The van der Waals surface area contributed by atoms with E-state index in [0.717, 1.165) is 5.56 Å². The highest BCUT2D eigenvalue weighted by atomic mass is 16.5. The minimum absolute atomic E-state index is 0.116. The van der Waals surface area contributed by atoms with Crippen molar-refractivity contribution in [2.45, 2.75) is 13.3 Å². The average molecular weight is 340 g/mol. The Morgan fingerprint density at radius 2 is 1.68 bits per heavy atom. The highest BCUT2D eigenvalue weighted by Gasteiger charge is 2.20. The third-order valence-corrected chi connectivity index (χ3v) is 3.48. The van der Waals surface area contributed by atoms with Crippen molar-refractivity contribution < 1.29 is 23.8 Å². The predicted molar refractivity (Wildman–Crippen MR) is 95.3 cm³/mol. The van der Waals surface area contributed by atoms with E-state index in [9.17, 15) is 9.59 Å². The minimum atomic E-state index is -0.448. The van der Waals surface area contributed by atoms with Gasteiger partial charge < -0.3 is 14.2 Å². The summed E-state index contributed by atoms with van der Waals surface area (Å²) in [5, 5.41) is 0. The van der Waals surface area contributed by atoms with E-state index in [4.69, 9.17) is 14.2 Å². The van der Waals surface area contributed by atoms with Gasteiger partial charge in [-0.2, -0.15) is 0 Å². The zero-order chi connectivity index (χ0) is 18.2. The summed E-state index contributed by atoms with van der Waals surface area (Å²) >= 11 is 0. The molecule has 0 N–H and O–H groups in total. The van der Waals surface area contributed by atoms with E-state index >= 15 is 0 Å². The topological polar surface area (TPSA) is 61.8 Å². The van der Waals surface area contributed by atoms with Gasteiger partial charge in [0.2, 0.25) is 0 Å². The van der Waals surface area contributed by atoms with E-state index in [2.05, 4.69) is 0 Å². The van der Waals surface area contributed by atoms with Crippen LogP contribution in [0.5, 0.6) is 17.2 Å². The van der Waals surface area contributed by atoms with Gasteiger partial charge in [0, 0.05) is 18.6 Å². The Hall–Kier alpha value is -3.08. The second-order valence-corrected chi connectivity index (χ2v) is 5.14. The molecule has 0 aliphatic heterocycles. The lowest BCUT2D eigenvalue weighted by Crippen LogP contribution is -2.10. The zero-order valence-electron chi connectivity index (χ0n) is 14.4. The summed E-state index contributed by atoms with van der Waals surface area (Å²) in [6.45, 7) is 1.68. The number of hydrogen-bond donors (Lipinski definition) is 0. The standard InChI is InChI=1S/C20H20O5/c1-4-19(22)25-18-13-15(23-2)12-17(24-3)20(18)16(21)11-10-14-8-6-5-7-9-14/h5-13H,4H2,1-3H3. The van der Waals surface area contributed by atoms with Crippen LogP contribution in [0.15, 0.2) is 48.5 Å². The number of ether oxygens (including phenoxy) is 3. The van der Waals surface area contributed by atoms with Crippen molar-refractivity contribution >= 4 is 17.8 Å². The predicted octanol–water partition coefficient (Wildman–Crippen LogP) is 3.92. The molecule has 0 heterocycles. The van der Waals surface area contributed by atoms with Crippen LogP contribution in [0.4, 0.5) is 0 Å². The first kappa shape index (κ1) is 18.3. The van der Waals surface area contributed by atoms with Crippen LogP contribution in [-0.4, -0.2) is 26.0 Å². The van der Waals surface area contributed by atoms with Crippen molar-refractivity contribution in [3.8, 4) is 17.2 Å². The Labute approximate surface area is 146 Å². The maximum atomic E-state index is 12.7. The zero-order valence-corrected chi connectivity index (χ0v) is 14.4. The highest BCUT2D eigenvalue weighted by Crippen LogP contribution is 2.35. The number of benzene rings is 2. The maximum absolute atomic E-state index is 12.7. The lowest BCUT2D eigenvalue weighted by molar-refractivity contribution is -0.134. The number of esters is 1. The Morgan fingerprint density at radius 1 is 1.00 bits per heavy atom. The van der Waals surface area contributed by atoms with Gasteiger partial charge in [-0.3, -0.25) is 9.59 Å². The number of hydrogen-bond acceptors (Lipinski definition) is 5. The SMILES string of the molecule is CCC(=O)Oc1cc(OC)cc(OC)c1C(=O)C=Cc1ccccc1. The number of allylic oxidation sites excluding steroid dienone is 1. The van der Waals surface area contributed by atoms with Crippen LogP contribution in [-0.2, 0) is 4.79 Å². The van der Waals surface area contributed by atoms with Crippen LogP contribution in [0.3, 0.4) is 0 Å². The summed E-state index contributed by atoms with van der Waals surface area (Å²) < 4.78 is 15.8. The van der Waals surface area contributed by atoms with Gasteiger partial charge in [0.15, 0.2) is 5.78 Å². The number of carbonyl (C=O) groups is 2. The van der Waals surface area contributed by atoms with Crippen LogP contribution in [0.1, 0.15) is 29.3 Å². The van der Waals surface area contributed by atoms with Crippen molar-refractivity contribution in [1.82, 2.24) is 0 Å². The van der Waals surface area contributed by atoms with E-state index in [1.165, 1.54) is 26.4 Å². The molecule has 0 aliphatic carbocycles. The van der Waals surface area contributed by atoms with Gasteiger partial charge in [-0.1, -0.05) is 43.3 Å². The molecular formula is C20H20O5. The highest BCUT2D eigenvalue weighted by molar-refractivity contribution is 6.11. The van der Waals surface area contributed by atoms with Gasteiger partial charge in [0.25, 0.3) is 0 Å². The van der Waals surface area contributed by atoms with E-state index < -0.39 is 5.97 Å². The number of methoxy groups -OCH3 is 2. The smallest absolute Gasteiger partial charge is 0.310 e. The summed E-state index contributed by atoms with van der Waals surface area (Å²) in [7, 11) is 2.93. The average Bonchev–Trinajstić information content (AvgIpc) is 2.65. The monoisotopic (exact) mass is 340 g/mol. The third-order valence-electron chi connectivity index (χ3n) is 3.48. The lowest BCUT2D eigenvalue weighted by atomic mass is 10.1. The molecule has 0 aromatic heterocycles. The normalized spacial score (nSPS) is 10.5. The third kappa shape index (κ3) is 4.70. The lowest BCUT2D eigenvalue weighted by Gasteiger charge is -2.13. The molecule has 0 bridgehead atoms. The van der Waals surface area contributed by atoms with Gasteiger partial charge >= 0.3 is 5.97 Å². The maximum Gasteiger partial charge on any atom is 0.310 e. The van der Waals surface area contributed by atoms with Crippen LogP contribution < -0.4 is 14.2 Å².